The summed E-state index contributed by atoms with van der Waals surface area (Å²) >= 11 is 6.11. The molecule has 1 N–H and O–H groups in total. The Hall–Kier alpha value is -1.58. The zero-order valence-electron chi connectivity index (χ0n) is 12.5. The highest BCUT2D eigenvalue weighted by Gasteiger charge is 2.13. The van der Waals surface area contributed by atoms with Gasteiger partial charge in [0.1, 0.15) is 12.4 Å². The van der Waals surface area contributed by atoms with Gasteiger partial charge in [0.25, 0.3) is 0 Å². The van der Waals surface area contributed by atoms with E-state index in [4.69, 9.17) is 16.3 Å². The summed E-state index contributed by atoms with van der Waals surface area (Å²) in [7, 11) is 0. The van der Waals surface area contributed by atoms with Gasteiger partial charge in [-0.15, -0.1) is 0 Å². The second-order valence-corrected chi connectivity index (χ2v) is 5.22. The van der Waals surface area contributed by atoms with Crippen LogP contribution in [-0.4, -0.2) is 11.5 Å². The van der Waals surface area contributed by atoms with Crippen molar-refractivity contribution in [1.82, 2.24) is 10.3 Å². The van der Waals surface area contributed by atoms with Crippen molar-refractivity contribution in [3.8, 4) is 5.75 Å². The first-order valence-electron chi connectivity index (χ1n) is 7.29. The predicted molar refractivity (Wildman–Crippen MR) is 86.7 cm³/mol. The lowest BCUT2D eigenvalue weighted by Gasteiger charge is -2.20. The number of hydrogen-bond donors (Lipinski definition) is 1. The van der Waals surface area contributed by atoms with Crippen molar-refractivity contribution in [2.45, 2.75) is 32.9 Å². The van der Waals surface area contributed by atoms with Gasteiger partial charge in [0.15, 0.2) is 0 Å². The normalized spacial score (nSPS) is 12.1. The monoisotopic (exact) mass is 304 g/mol. The van der Waals surface area contributed by atoms with Gasteiger partial charge in [0.2, 0.25) is 0 Å². The third-order valence-corrected chi connectivity index (χ3v) is 3.73. The van der Waals surface area contributed by atoms with Crippen LogP contribution in [0.3, 0.4) is 0 Å². The maximum Gasteiger partial charge on any atom is 0.124 e. The quantitative estimate of drug-likeness (QED) is 0.824. The third-order valence-electron chi connectivity index (χ3n) is 3.39. The minimum absolute atomic E-state index is 0.305. The summed E-state index contributed by atoms with van der Waals surface area (Å²) in [5.74, 6) is 0.901. The van der Waals surface area contributed by atoms with E-state index in [0.717, 1.165) is 24.3 Å². The van der Waals surface area contributed by atoms with Gasteiger partial charge in [0, 0.05) is 29.6 Å². The lowest BCUT2D eigenvalue weighted by atomic mass is 10.0. The minimum Gasteiger partial charge on any atom is -0.489 e. The number of nitrogens with one attached hydrogen (secondary N) is 1. The van der Waals surface area contributed by atoms with Crippen LogP contribution in [0.1, 0.15) is 37.4 Å². The number of benzene rings is 1. The highest BCUT2D eigenvalue weighted by Crippen LogP contribution is 2.28. The molecule has 1 atom stereocenters. The number of hydrogen-bond acceptors (Lipinski definition) is 3. The molecule has 1 aromatic heterocycles. The molecule has 112 valence electrons. The smallest absolute Gasteiger partial charge is 0.124 e. The van der Waals surface area contributed by atoms with Gasteiger partial charge in [-0.1, -0.05) is 43.6 Å². The second-order valence-electron chi connectivity index (χ2n) is 4.81. The molecule has 0 amide bonds. The highest BCUT2D eigenvalue weighted by molar-refractivity contribution is 6.31. The molecule has 0 aliphatic carbocycles. The third kappa shape index (κ3) is 4.19. The summed E-state index contributed by atoms with van der Waals surface area (Å²) in [4.78, 5) is 3.99. The van der Waals surface area contributed by atoms with E-state index in [1.54, 1.807) is 12.4 Å². The van der Waals surface area contributed by atoms with Gasteiger partial charge in [-0.25, -0.2) is 0 Å². The summed E-state index contributed by atoms with van der Waals surface area (Å²) in [5.41, 5.74) is 2.13. The van der Waals surface area contributed by atoms with E-state index in [1.165, 1.54) is 5.56 Å². The highest BCUT2D eigenvalue weighted by atomic mass is 35.5. The van der Waals surface area contributed by atoms with Crippen LogP contribution < -0.4 is 10.1 Å². The van der Waals surface area contributed by atoms with Gasteiger partial charge in [-0.05, 0) is 25.1 Å². The molecule has 0 bridgehead atoms. The predicted octanol–water partition coefficient (Wildman–Crippen LogP) is 4.37. The summed E-state index contributed by atoms with van der Waals surface area (Å²) in [6.07, 6.45) is 4.38. The first-order chi connectivity index (χ1) is 10.3. The van der Waals surface area contributed by atoms with Gasteiger partial charge in [-0.3, -0.25) is 4.98 Å². The van der Waals surface area contributed by atoms with E-state index in [1.807, 2.05) is 24.3 Å². The lowest BCUT2D eigenvalue weighted by molar-refractivity contribution is 0.298. The van der Waals surface area contributed by atoms with Crippen molar-refractivity contribution in [3.63, 3.8) is 0 Å². The van der Waals surface area contributed by atoms with E-state index < -0.39 is 0 Å². The van der Waals surface area contributed by atoms with Crippen LogP contribution in [0.25, 0.3) is 0 Å². The van der Waals surface area contributed by atoms with E-state index in [0.29, 0.717) is 17.7 Å². The van der Waals surface area contributed by atoms with Gasteiger partial charge < -0.3 is 10.1 Å². The Morgan fingerprint density at radius 1 is 1.24 bits per heavy atom. The van der Waals surface area contributed by atoms with Crippen LogP contribution in [0.15, 0.2) is 42.7 Å². The molecule has 0 aliphatic rings. The number of pyridine rings is 1. The summed E-state index contributed by atoms with van der Waals surface area (Å²) in [6, 6.07) is 10.3. The lowest BCUT2D eigenvalue weighted by Crippen LogP contribution is -2.20. The molecule has 0 saturated carbocycles. The Bertz CT molecular complexity index is 574. The number of rotatable bonds is 7. The molecule has 0 fully saturated rings. The van der Waals surface area contributed by atoms with Crippen molar-refractivity contribution >= 4 is 11.6 Å². The fourth-order valence-corrected chi connectivity index (χ4v) is 2.47. The Kier molecular flexibility index (Phi) is 6.03. The molecule has 1 unspecified atom stereocenters. The average molecular weight is 305 g/mol. The maximum atomic E-state index is 6.11. The summed E-state index contributed by atoms with van der Waals surface area (Å²) in [5, 5.41) is 4.12. The number of para-hydroxylation sites is 1. The van der Waals surface area contributed by atoms with Crippen molar-refractivity contribution in [2.24, 2.45) is 0 Å². The van der Waals surface area contributed by atoms with Crippen molar-refractivity contribution in [3.05, 3.63) is 58.9 Å². The van der Waals surface area contributed by atoms with Crippen LogP contribution in [0.4, 0.5) is 0 Å². The molecule has 2 aromatic rings. The molecule has 0 radical (unpaired) electrons. The Morgan fingerprint density at radius 2 is 2.05 bits per heavy atom. The molecule has 3 nitrogen and oxygen atoms in total. The Morgan fingerprint density at radius 3 is 2.76 bits per heavy atom. The zero-order chi connectivity index (χ0) is 15.1. The van der Waals surface area contributed by atoms with Crippen LogP contribution in [0.5, 0.6) is 5.75 Å². The van der Waals surface area contributed by atoms with Gasteiger partial charge >= 0.3 is 0 Å². The molecule has 1 heterocycles. The molecule has 0 aliphatic heterocycles. The average Bonchev–Trinajstić information content (AvgIpc) is 2.52. The number of ether oxygens (including phenoxy) is 1. The molecule has 1 aromatic carbocycles. The van der Waals surface area contributed by atoms with Crippen molar-refractivity contribution in [2.75, 3.05) is 6.54 Å². The van der Waals surface area contributed by atoms with E-state index in [-0.39, 0.29) is 0 Å². The first-order valence-corrected chi connectivity index (χ1v) is 7.67. The topological polar surface area (TPSA) is 34.1 Å². The molecule has 0 saturated heterocycles. The van der Waals surface area contributed by atoms with E-state index in [9.17, 15) is 0 Å². The summed E-state index contributed by atoms with van der Waals surface area (Å²) < 4.78 is 5.98. The molecule has 4 heteroatoms. The maximum absolute atomic E-state index is 6.11. The van der Waals surface area contributed by atoms with Crippen molar-refractivity contribution in [1.29, 1.82) is 0 Å². The second kappa shape index (κ2) is 8.01. The van der Waals surface area contributed by atoms with Crippen LogP contribution in [0.2, 0.25) is 5.02 Å². The number of nitrogens with zero attached hydrogens (tertiary/aromatic N) is 1. The fourth-order valence-electron chi connectivity index (χ4n) is 2.30. The van der Waals surface area contributed by atoms with Crippen LogP contribution in [-0.2, 0) is 6.61 Å². The standard InChI is InChI=1S/C17H21ClN2O/c1-3-16(20-4-2)14-7-5-6-8-17(14)21-12-13-9-10-19-11-15(13)18/h5-11,16,20H,3-4,12H2,1-2H3. The Labute approximate surface area is 131 Å². The molecule has 21 heavy (non-hydrogen) atoms. The number of halogens is 1. The molecular formula is C17H21ClN2O. The largest absolute Gasteiger partial charge is 0.489 e. The van der Waals surface area contributed by atoms with E-state index in [2.05, 4.69) is 30.2 Å². The van der Waals surface area contributed by atoms with Gasteiger partial charge in [-0.2, -0.15) is 0 Å². The number of aromatic nitrogens is 1. The zero-order valence-corrected chi connectivity index (χ0v) is 13.2. The van der Waals surface area contributed by atoms with Crippen LogP contribution >= 0.6 is 11.6 Å². The molecule has 2 rings (SSSR count). The minimum atomic E-state index is 0.305. The van der Waals surface area contributed by atoms with Crippen LogP contribution in [0, 0.1) is 0 Å². The van der Waals surface area contributed by atoms with E-state index >= 15 is 0 Å². The molecule has 0 spiro atoms. The SMILES string of the molecule is CCNC(CC)c1ccccc1OCc1ccncc1Cl. The summed E-state index contributed by atoms with van der Waals surface area (Å²) in [6.45, 7) is 5.66. The Balaban J connectivity index is 2.15. The first kappa shape index (κ1) is 15.8. The van der Waals surface area contributed by atoms with Gasteiger partial charge in [0.05, 0.1) is 5.02 Å². The fraction of sp³-hybridized carbons (Fsp3) is 0.353. The van der Waals surface area contributed by atoms with Crippen molar-refractivity contribution < 1.29 is 4.74 Å². The molecular weight excluding hydrogens is 284 g/mol.